The molecule has 0 aliphatic carbocycles. The molecule has 148 valence electrons. The van der Waals surface area contributed by atoms with Gasteiger partial charge in [0.1, 0.15) is 11.6 Å². The zero-order valence-corrected chi connectivity index (χ0v) is 16.0. The van der Waals surface area contributed by atoms with Gasteiger partial charge in [-0.25, -0.2) is 4.39 Å². The molecule has 2 fully saturated rings. The third-order valence-corrected chi connectivity index (χ3v) is 5.77. The van der Waals surface area contributed by atoms with Crippen LogP contribution in [-0.4, -0.2) is 66.5 Å². The van der Waals surface area contributed by atoms with Crippen molar-refractivity contribution in [3.05, 3.63) is 30.1 Å². The van der Waals surface area contributed by atoms with Gasteiger partial charge in [0.15, 0.2) is 0 Å². The van der Waals surface area contributed by atoms with Crippen LogP contribution in [0.25, 0.3) is 0 Å². The molecule has 0 radical (unpaired) electrons. The highest BCUT2D eigenvalue weighted by Crippen LogP contribution is 2.37. The van der Waals surface area contributed by atoms with Crippen LogP contribution < -0.4 is 10.1 Å². The number of rotatable bonds is 5. The quantitative estimate of drug-likeness (QED) is 0.850. The summed E-state index contributed by atoms with van der Waals surface area (Å²) in [4.78, 5) is 28.0. The molecular weight excluding hydrogens is 349 g/mol. The summed E-state index contributed by atoms with van der Waals surface area (Å²) in [5, 5.41) is 3.02. The molecule has 3 rings (SSSR count). The molecule has 0 unspecified atom stereocenters. The second-order valence-electron chi connectivity index (χ2n) is 7.64. The van der Waals surface area contributed by atoms with Gasteiger partial charge in [-0.15, -0.1) is 0 Å². The Hall–Kier alpha value is -2.15. The number of carbonyl (C=O) groups is 2. The van der Waals surface area contributed by atoms with Gasteiger partial charge >= 0.3 is 0 Å². The van der Waals surface area contributed by atoms with E-state index in [1.165, 1.54) is 12.1 Å². The summed E-state index contributed by atoms with van der Waals surface area (Å²) in [6, 6.07) is 6.13. The van der Waals surface area contributed by atoms with Crippen LogP contribution in [0.1, 0.15) is 32.6 Å². The molecular formula is C20H28FN3O3. The van der Waals surface area contributed by atoms with E-state index >= 15 is 0 Å². The first-order valence-corrected chi connectivity index (χ1v) is 9.52. The fraction of sp³-hybridized carbons (Fsp3) is 0.600. The molecule has 6 nitrogen and oxygen atoms in total. The number of piperidine rings is 1. The maximum absolute atomic E-state index is 13.1. The number of nitrogens with zero attached hydrogens (tertiary/aromatic N) is 2. The molecule has 2 aliphatic rings. The lowest BCUT2D eigenvalue weighted by Gasteiger charge is -2.43. The maximum Gasteiger partial charge on any atom is 0.225 e. The Morgan fingerprint density at radius 3 is 2.74 bits per heavy atom. The number of ether oxygens (including phenoxy) is 1. The van der Waals surface area contributed by atoms with E-state index in [2.05, 4.69) is 17.3 Å². The lowest BCUT2D eigenvalue weighted by atomic mass is 9.84. The summed E-state index contributed by atoms with van der Waals surface area (Å²) in [7, 11) is 2.10. The van der Waals surface area contributed by atoms with E-state index in [9.17, 15) is 14.0 Å². The van der Waals surface area contributed by atoms with Crippen molar-refractivity contribution in [3.63, 3.8) is 0 Å². The fourth-order valence-corrected chi connectivity index (χ4v) is 4.32. The summed E-state index contributed by atoms with van der Waals surface area (Å²) in [6.07, 6.45) is 3.05. The third kappa shape index (κ3) is 4.77. The van der Waals surface area contributed by atoms with Gasteiger partial charge in [-0.2, -0.15) is 0 Å². The van der Waals surface area contributed by atoms with Crippen molar-refractivity contribution in [1.29, 1.82) is 0 Å². The maximum atomic E-state index is 13.1. The Bertz CT molecular complexity index is 689. The minimum Gasteiger partial charge on any atom is -0.493 e. The van der Waals surface area contributed by atoms with Gasteiger partial charge in [-0.3, -0.25) is 14.5 Å². The third-order valence-electron chi connectivity index (χ3n) is 5.77. The van der Waals surface area contributed by atoms with Crippen LogP contribution >= 0.6 is 0 Å². The molecule has 0 bridgehead atoms. The summed E-state index contributed by atoms with van der Waals surface area (Å²) < 4.78 is 18.6. The standard InChI is InChI=1S/C20H28FN3O3/c1-15(25)22-17-13-20(23(2)14-17)7-9-24(10-8-20)19(26)6-11-27-18-5-3-4-16(21)12-18/h3-5,12,17H,6-11,13-14H2,1-2H3,(H,22,25)/t17-/m1/s1. The number of likely N-dealkylation sites (N-methyl/N-ethyl adjacent to an activating group) is 1. The second-order valence-corrected chi connectivity index (χ2v) is 7.64. The predicted molar refractivity (Wildman–Crippen MR) is 99.9 cm³/mol. The van der Waals surface area contributed by atoms with Crippen LogP contribution in [0.4, 0.5) is 4.39 Å². The van der Waals surface area contributed by atoms with E-state index in [4.69, 9.17) is 4.74 Å². The molecule has 27 heavy (non-hydrogen) atoms. The van der Waals surface area contributed by atoms with Crippen LogP contribution in [0, 0.1) is 5.82 Å². The summed E-state index contributed by atoms with van der Waals surface area (Å²) in [5.74, 6) is 0.173. The van der Waals surface area contributed by atoms with Crippen molar-refractivity contribution in [3.8, 4) is 5.75 Å². The topological polar surface area (TPSA) is 61.9 Å². The predicted octanol–water partition coefficient (Wildman–Crippen LogP) is 1.80. The number of carbonyl (C=O) groups excluding carboxylic acids is 2. The minimum absolute atomic E-state index is 0.0105. The first kappa shape index (κ1) is 19.6. The molecule has 2 aliphatic heterocycles. The molecule has 1 aromatic rings. The van der Waals surface area contributed by atoms with E-state index in [1.807, 2.05) is 4.90 Å². The van der Waals surface area contributed by atoms with E-state index in [1.54, 1.807) is 19.1 Å². The largest absolute Gasteiger partial charge is 0.493 e. The Morgan fingerprint density at radius 2 is 2.07 bits per heavy atom. The Labute approximate surface area is 159 Å². The molecule has 7 heteroatoms. The van der Waals surface area contributed by atoms with Gasteiger partial charge in [-0.1, -0.05) is 6.07 Å². The Morgan fingerprint density at radius 1 is 1.33 bits per heavy atom. The van der Waals surface area contributed by atoms with E-state index < -0.39 is 0 Å². The number of hydrogen-bond donors (Lipinski definition) is 1. The number of hydrogen-bond acceptors (Lipinski definition) is 4. The Kier molecular flexibility index (Phi) is 5.99. The molecule has 1 N–H and O–H groups in total. The number of benzene rings is 1. The number of halogens is 1. The number of nitrogens with one attached hydrogen (secondary N) is 1. The molecule has 2 amide bonds. The fourth-order valence-electron chi connectivity index (χ4n) is 4.32. The smallest absolute Gasteiger partial charge is 0.225 e. The molecule has 1 aromatic carbocycles. The zero-order chi connectivity index (χ0) is 19.4. The monoisotopic (exact) mass is 377 g/mol. The summed E-state index contributed by atoms with van der Waals surface area (Å²) in [5.41, 5.74) is 0.0714. The molecule has 2 saturated heterocycles. The first-order chi connectivity index (χ1) is 12.9. The lowest BCUT2D eigenvalue weighted by Crippen LogP contribution is -2.52. The summed E-state index contributed by atoms with van der Waals surface area (Å²) in [6.45, 7) is 4.09. The molecule has 0 aromatic heterocycles. The Balaban J connectivity index is 1.44. The van der Waals surface area contributed by atoms with Crippen molar-refractivity contribution < 1.29 is 18.7 Å². The lowest BCUT2D eigenvalue weighted by molar-refractivity contribution is -0.134. The van der Waals surface area contributed by atoms with Gasteiger partial charge in [0.2, 0.25) is 11.8 Å². The molecule has 1 atom stereocenters. The van der Waals surface area contributed by atoms with E-state index in [0.29, 0.717) is 5.75 Å². The highest BCUT2D eigenvalue weighted by molar-refractivity contribution is 5.76. The van der Waals surface area contributed by atoms with Crippen molar-refractivity contribution >= 4 is 11.8 Å². The van der Waals surface area contributed by atoms with Gasteiger partial charge in [0, 0.05) is 44.2 Å². The van der Waals surface area contributed by atoms with Crippen molar-refractivity contribution in [2.45, 2.75) is 44.2 Å². The number of amides is 2. The SMILES string of the molecule is CC(=O)N[C@H]1CN(C)C2(CCN(C(=O)CCOc3cccc(F)c3)CC2)C1. The van der Waals surface area contributed by atoms with E-state index in [-0.39, 0.29) is 42.2 Å². The van der Waals surface area contributed by atoms with E-state index in [0.717, 1.165) is 38.9 Å². The number of likely N-dealkylation sites (tertiary alicyclic amines) is 2. The average Bonchev–Trinajstić information content (AvgIpc) is 2.89. The van der Waals surface area contributed by atoms with Crippen molar-refractivity contribution in [2.75, 3.05) is 33.3 Å². The highest BCUT2D eigenvalue weighted by Gasteiger charge is 2.45. The van der Waals surface area contributed by atoms with Crippen LogP contribution in [0.15, 0.2) is 24.3 Å². The molecule has 1 spiro atoms. The molecule has 2 heterocycles. The highest BCUT2D eigenvalue weighted by atomic mass is 19.1. The van der Waals surface area contributed by atoms with Gasteiger partial charge in [0.05, 0.1) is 13.0 Å². The van der Waals surface area contributed by atoms with Crippen molar-refractivity contribution in [1.82, 2.24) is 15.1 Å². The van der Waals surface area contributed by atoms with Gasteiger partial charge < -0.3 is 15.0 Å². The molecule has 0 saturated carbocycles. The second kappa shape index (κ2) is 8.25. The normalized spacial score (nSPS) is 22.0. The van der Waals surface area contributed by atoms with Crippen molar-refractivity contribution in [2.24, 2.45) is 0 Å². The summed E-state index contributed by atoms with van der Waals surface area (Å²) >= 11 is 0. The first-order valence-electron chi connectivity index (χ1n) is 9.52. The van der Waals surface area contributed by atoms with Crippen LogP contribution in [0.3, 0.4) is 0 Å². The van der Waals surface area contributed by atoms with Gasteiger partial charge in [0.25, 0.3) is 0 Å². The zero-order valence-electron chi connectivity index (χ0n) is 16.0. The van der Waals surface area contributed by atoms with Gasteiger partial charge in [-0.05, 0) is 38.4 Å². The van der Waals surface area contributed by atoms with Crippen LogP contribution in [-0.2, 0) is 9.59 Å². The average molecular weight is 377 g/mol. The van der Waals surface area contributed by atoms with Crippen LogP contribution in [0.5, 0.6) is 5.75 Å². The minimum atomic E-state index is -0.349. The van der Waals surface area contributed by atoms with Crippen LogP contribution in [0.2, 0.25) is 0 Å².